The van der Waals surface area contributed by atoms with Crippen molar-refractivity contribution in [2.24, 2.45) is 0 Å². The predicted octanol–water partition coefficient (Wildman–Crippen LogP) is 3.30. The van der Waals surface area contributed by atoms with Gasteiger partial charge in [0.25, 0.3) is 5.91 Å². The van der Waals surface area contributed by atoms with Crippen molar-refractivity contribution in [3.8, 4) is 11.5 Å². The van der Waals surface area contributed by atoms with Crippen molar-refractivity contribution < 1.29 is 23.8 Å². The zero-order valence-electron chi connectivity index (χ0n) is 19.3. The number of ether oxygens (including phenoxy) is 1. The number of hydrogen-bond donors (Lipinski definition) is 3. The van der Waals surface area contributed by atoms with Crippen molar-refractivity contribution in [1.82, 2.24) is 20.1 Å². The highest BCUT2D eigenvalue weighted by atomic mass is 19.1. The molecule has 1 aromatic heterocycles. The van der Waals surface area contributed by atoms with Crippen LogP contribution in [0.1, 0.15) is 36.7 Å². The number of fused-ring (bicyclic) bond motifs is 4. The van der Waals surface area contributed by atoms with Crippen LogP contribution in [0.4, 0.5) is 9.18 Å². The minimum atomic E-state index is -1.21. The van der Waals surface area contributed by atoms with Crippen molar-refractivity contribution in [1.29, 1.82) is 0 Å². The number of imide groups is 1. The zero-order valence-corrected chi connectivity index (χ0v) is 19.3. The van der Waals surface area contributed by atoms with Gasteiger partial charge in [-0.3, -0.25) is 14.6 Å². The van der Waals surface area contributed by atoms with Gasteiger partial charge in [-0.1, -0.05) is 19.1 Å². The number of rotatable bonds is 6. The molecule has 34 heavy (non-hydrogen) atoms. The number of nitrogens with zero attached hydrogens (tertiary/aromatic N) is 2. The second-order valence-electron chi connectivity index (χ2n) is 8.93. The molecule has 3 heterocycles. The largest absolute Gasteiger partial charge is 0.508 e. The number of carbonyl (C=O) groups is 2. The van der Waals surface area contributed by atoms with Crippen molar-refractivity contribution in [3.63, 3.8) is 0 Å². The molecule has 0 radical (unpaired) electrons. The molecule has 5 rings (SSSR count). The second-order valence-corrected chi connectivity index (χ2v) is 8.93. The van der Waals surface area contributed by atoms with Crippen LogP contribution in [0, 0.1) is 5.82 Å². The highest BCUT2D eigenvalue weighted by Crippen LogP contribution is 2.49. The Kier molecular flexibility index (Phi) is 5.24. The van der Waals surface area contributed by atoms with Gasteiger partial charge in [-0.05, 0) is 48.9 Å². The van der Waals surface area contributed by atoms with Crippen molar-refractivity contribution in [2.75, 3.05) is 26.7 Å². The molecule has 3 N–H and O–H groups in total. The smallest absolute Gasteiger partial charge is 0.328 e. The molecule has 0 bridgehead atoms. The van der Waals surface area contributed by atoms with Crippen molar-refractivity contribution in [3.05, 3.63) is 59.0 Å². The first-order chi connectivity index (χ1) is 16.3. The number of aromatic nitrogens is 1. The quantitative estimate of drug-likeness (QED) is 0.383. The van der Waals surface area contributed by atoms with Gasteiger partial charge in [0.15, 0.2) is 11.6 Å². The average Bonchev–Trinajstić information content (AvgIpc) is 3.26. The van der Waals surface area contributed by atoms with Crippen LogP contribution in [0.15, 0.2) is 36.4 Å². The van der Waals surface area contributed by atoms with E-state index in [9.17, 15) is 14.7 Å². The summed E-state index contributed by atoms with van der Waals surface area (Å²) in [6, 6.07) is 8.76. The molecule has 1 saturated heterocycles. The second kappa shape index (κ2) is 8.02. The van der Waals surface area contributed by atoms with Gasteiger partial charge in [-0.2, -0.15) is 0 Å². The number of nitrogens with one attached hydrogen (secondary N) is 2. The maximum atomic E-state index is 15.4. The number of benzene rings is 2. The molecule has 2 atom stereocenters. The summed E-state index contributed by atoms with van der Waals surface area (Å²) in [5.41, 5.74) is 1.23. The molecular weight excluding hydrogens is 439 g/mol. The standard InChI is InChI=1S/C25H27FN4O4/c1-4-27-10-11-29-23(32)25(2)13-16-19-17(8-9-18(34-3)20(19)26)28-21(16)22(30(25)24(29)33)14-6-5-7-15(31)12-14/h5-9,12,22,27-28,31H,4,10-11,13H2,1-3H3/t22-,25+/m1/s1. The van der Waals surface area contributed by atoms with E-state index >= 15 is 4.39 Å². The molecule has 2 aliphatic rings. The van der Waals surface area contributed by atoms with E-state index in [1.54, 1.807) is 48.2 Å². The Balaban J connectivity index is 1.73. The van der Waals surface area contributed by atoms with Gasteiger partial charge >= 0.3 is 6.03 Å². The first-order valence-corrected chi connectivity index (χ1v) is 11.3. The molecule has 3 aromatic rings. The van der Waals surface area contributed by atoms with Gasteiger partial charge in [-0.15, -0.1) is 0 Å². The zero-order chi connectivity index (χ0) is 24.2. The topological polar surface area (TPSA) is 97.9 Å². The van der Waals surface area contributed by atoms with E-state index in [0.29, 0.717) is 34.3 Å². The van der Waals surface area contributed by atoms with E-state index in [4.69, 9.17) is 4.74 Å². The lowest BCUT2D eigenvalue weighted by molar-refractivity contribution is -0.133. The Morgan fingerprint density at radius 3 is 2.79 bits per heavy atom. The van der Waals surface area contributed by atoms with E-state index in [1.807, 2.05) is 6.92 Å². The minimum absolute atomic E-state index is 0.0391. The Morgan fingerprint density at radius 2 is 2.09 bits per heavy atom. The van der Waals surface area contributed by atoms with E-state index < -0.39 is 23.4 Å². The Bertz CT molecular complexity index is 1310. The number of phenolic OH excluding ortho intramolecular Hbond substituents is 1. The Hall–Kier alpha value is -3.59. The maximum Gasteiger partial charge on any atom is 0.328 e. The van der Waals surface area contributed by atoms with Crippen LogP contribution >= 0.6 is 0 Å². The summed E-state index contributed by atoms with van der Waals surface area (Å²) in [4.78, 5) is 33.4. The number of phenols is 1. The van der Waals surface area contributed by atoms with E-state index in [0.717, 1.165) is 6.54 Å². The molecule has 0 unspecified atom stereocenters. The number of aromatic hydroxyl groups is 1. The summed E-state index contributed by atoms with van der Waals surface area (Å²) in [7, 11) is 1.41. The number of methoxy groups -OCH3 is 1. The fourth-order valence-corrected chi connectivity index (χ4v) is 5.31. The average molecular weight is 467 g/mol. The third-order valence-corrected chi connectivity index (χ3v) is 6.90. The summed E-state index contributed by atoms with van der Waals surface area (Å²) in [5.74, 6) is -0.678. The molecule has 1 fully saturated rings. The number of H-pyrrole nitrogens is 1. The predicted molar refractivity (Wildman–Crippen MR) is 124 cm³/mol. The van der Waals surface area contributed by atoms with E-state index in [2.05, 4.69) is 10.3 Å². The van der Waals surface area contributed by atoms with Crippen LogP contribution in [0.3, 0.4) is 0 Å². The summed E-state index contributed by atoms with van der Waals surface area (Å²) in [6.07, 6.45) is 0.157. The SMILES string of the molecule is CCNCCN1C(=O)N2[C@H](c3cccc(O)c3)c3[nH]c4ccc(OC)c(F)c4c3C[C@@]2(C)C1=O. The van der Waals surface area contributed by atoms with E-state index in [1.165, 1.54) is 12.0 Å². The third-order valence-electron chi connectivity index (χ3n) is 6.90. The highest BCUT2D eigenvalue weighted by molar-refractivity contribution is 6.08. The summed E-state index contributed by atoms with van der Waals surface area (Å²) >= 11 is 0. The number of urea groups is 1. The maximum absolute atomic E-state index is 15.4. The van der Waals surface area contributed by atoms with Crippen molar-refractivity contribution >= 4 is 22.8 Å². The molecule has 0 aliphatic carbocycles. The Labute approximate surface area is 196 Å². The molecule has 0 saturated carbocycles. The lowest BCUT2D eigenvalue weighted by Crippen LogP contribution is -2.53. The molecule has 2 aromatic carbocycles. The van der Waals surface area contributed by atoms with E-state index in [-0.39, 0.29) is 30.4 Å². The third kappa shape index (κ3) is 3.07. The Morgan fingerprint density at radius 1 is 1.29 bits per heavy atom. The van der Waals surface area contributed by atoms with Crippen LogP contribution in [-0.4, -0.2) is 64.1 Å². The summed E-state index contributed by atoms with van der Waals surface area (Å²) < 4.78 is 20.6. The monoisotopic (exact) mass is 466 g/mol. The van der Waals surface area contributed by atoms with Crippen LogP contribution < -0.4 is 10.1 Å². The van der Waals surface area contributed by atoms with Gasteiger partial charge in [0.2, 0.25) is 0 Å². The van der Waals surface area contributed by atoms with Gasteiger partial charge in [-0.25, -0.2) is 9.18 Å². The normalized spacial score (nSPS) is 21.8. The van der Waals surface area contributed by atoms with Gasteiger partial charge in [0, 0.05) is 36.1 Å². The first-order valence-electron chi connectivity index (χ1n) is 11.3. The molecule has 8 nitrogen and oxygen atoms in total. The number of carbonyl (C=O) groups excluding carboxylic acids is 2. The van der Waals surface area contributed by atoms with Gasteiger partial charge in [0.05, 0.1) is 7.11 Å². The summed E-state index contributed by atoms with van der Waals surface area (Å²) in [5, 5.41) is 13.7. The molecule has 178 valence electrons. The molecule has 2 aliphatic heterocycles. The lowest BCUT2D eigenvalue weighted by atomic mass is 9.81. The highest BCUT2D eigenvalue weighted by Gasteiger charge is 2.60. The van der Waals surface area contributed by atoms with Crippen LogP contribution in [-0.2, 0) is 11.2 Å². The van der Waals surface area contributed by atoms with Crippen LogP contribution in [0.2, 0.25) is 0 Å². The van der Waals surface area contributed by atoms with Gasteiger partial charge < -0.3 is 20.1 Å². The fraction of sp³-hybridized carbons (Fsp3) is 0.360. The number of halogens is 1. The molecule has 3 amide bonds. The fourth-order valence-electron chi connectivity index (χ4n) is 5.31. The lowest BCUT2D eigenvalue weighted by Gasteiger charge is -2.42. The number of hydrogen-bond acceptors (Lipinski definition) is 5. The minimum Gasteiger partial charge on any atom is -0.508 e. The van der Waals surface area contributed by atoms with Crippen LogP contribution in [0.25, 0.3) is 10.9 Å². The molecule has 9 heteroatoms. The molecular formula is C25H27FN4O4. The number of likely N-dealkylation sites (N-methyl/N-ethyl adjacent to an activating group) is 1. The summed E-state index contributed by atoms with van der Waals surface area (Å²) in [6.45, 7) is 5.13. The van der Waals surface area contributed by atoms with Gasteiger partial charge in [0.1, 0.15) is 17.3 Å². The van der Waals surface area contributed by atoms with Crippen molar-refractivity contribution in [2.45, 2.75) is 31.8 Å². The number of amides is 3. The van der Waals surface area contributed by atoms with Crippen LogP contribution in [0.5, 0.6) is 11.5 Å². The number of aromatic amines is 1. The first kappa shape index (κ1) is 22.2. The molecule has 0 spiro atoms.